The second-order valence-corrected chi connectivity index (χ2v) is 11.7. The molecule has 4 aromatic rings. The maximum atomic E-state index is 12.6. The summed E-state index contributed by atoms with van der Waals surface area (Å²) < 4.78 is 7.65. The number of nitrogens with one attached hydrogen (secondary N) is 2. The lowest BCUT2D eigenvalue weighted by Crippen LogP contribution is -2.52. The molecule has 2 N–H and O–H groups in total. The number of fused-ring (bicyclic) bond motifs is 1. The van der Waals surface area contributed by atoms with Gasteiger partial charge in [0.25, 0.3) is 0 Å². The molecule has 38 heavy (non-hydrogen) atoms. The van der Waals surface area contributed by atoms with Gasteiger partial charge in [0.15, 0.2) is 0 Å². The van der Waals surface area contributed by atoms with Gasteiger partial charge in [0.2, 0.25) is 5.78 Å². The zero-order valence-corrected chi connectivity index (χ0v) is 22.5. The first-order chi connectivity index (χ1) is 18.2. The fraction of sp³-hybridized carbons (Fsp3) is 0.387. The number of anilines is 1. The van der Waals surface area contributed by atoms with Gasteiger partial charge in [-0.25, -0.2) is 14.8 Å². The van der Waals surface area contributed by atoms with Crippen LogP contribution in [0.3, 0.4) is 0 Å². The van der Waals surface area contributed by atoms with Crippen molar-refractivity contribution in [3.05, 3.63) is 72.1 Å². The Morgan fingerprint density at radius 1 is 1.00 bits per heavy atom. The molecule has 2 aromatic heterocycles. The molecule has 2 aliphatic carbocycles. The lowest BCUT2D eigenvalue weighted by molar-refractivity contribution is 0.0377. The number of rotatable bonds is 6. The molecule has 2 heterocycles. The van der Waals surface area contributed by atoms with Gasteiger partial charge in [-0.2, -0.15) is 0 Å². The number of carbonyl (C=O) groups excluding carboxylic acids is 1. The van der Waals surface area contributed by atoms with E-state index in [1.54, 1.807) is 0 Å². The maximum Gasteiger partial charge on any atom is 0.408 e. The van der Waals surface area contributed by atoms with Crippen molar-refractivity contribution in [2.75, 3.05) is 5.32 Å². The van der Waals surface area contributed by atoms with Crippen LogP contribution in [0.25, 0.3) is 28.2 Å². The number of aryl methyl sites for hydroxylation is 1. The third kappa shape index (κ3) is 4.73. The van der Waals surface area contributed by atoms with E-state index >= 15 is 0 Å². The number of alkyl carbamates (subject to hydrolysis) is 1. The minimum Gasteiger partial charge on any atom is -0.444 e. The van der Waals surface area contributed by atoms with Crippen LogP contribution in [0.2, 0.25) is 0 Å². The monoisotopic (exact) mass is 509 g/mol. The van der Waals surface area contributed by atoms with Gasteiger partial charge >= 0.3 is 6.09 Å². The van der Waals surface area contributed by atoms with E-state index in [1.807, 2.05) is 33.8 Å². The van der Waals surface area contributed by atoms with E-state index in [-0.39, 0.29) is 11.6 Å². The summed E-state index contributed by atoms with van der Waals surface area (Å²) in [5.74, 6) is 1.72. The zero-order chi connectivity index (χ0) is 26.5. The molecule has 196 valence electrons. The van der Waals surface area contributed by atoms with Gasteiger partial charge in [-0.15, -0.1) is 0 Å². The molecule has 7 heteroatoms. The molecular formula is C31H35N5O2. The summed E-state index contributed by atoms with van der Waals surface area (Å²) in [6.07, 6.45) is 6.88. The maximum absolute atomic E-state index is 12.6. The predicted octanol–water partition coefficient (Wildman–Crippen LogP) is 6.85. The fourth-order valence-corrected chi connectivity index (χ4v) is 5.23. The highest BCUT2D eigenvalue weighted by Crippen LogP contribution is 2.43. The van der Waals surface area contributed by atoms with Crippen LogP contribution in [0.4, 0.5) is 10.6 Å². The standard InChI is InChI=1S/C31H35N5O2/c1-20-19-36-27(33-24-15-16-24)25(21-9-6-5-7-10-21)26(34-28(36)32-20)22-11-13-23(14-12-22)31(17-8-18-31)35-29(37)38-30(2,3)4/h5-7,9-14,19,24,33H,8,15-18H2,1-4H3,(H,35,37). The molecule has 0 spiro atoms. The van der Waals surface area contributed by atoms with Crippen LogP contribution in [-0.4, -0.2) is 32.1 Å². The molecule has 2 aliphatic rings. The molecule has 0 bridgehead atoms. The van der Waals surface area contributed by atoms with Crippen molar-refractivity contribution >= 4 is 17.7 Å². The second kappa shape index (κ2) is 9.15. The molecule has 0 atom stereocenters. The quantitative estimate of drug-likeness (QED) is 0.297. The van der Waals surface area contributed by atoms with Gasteiger partial charge in [-0.05, 0) is 70.9 Å². The first kappa shape index (κ1) is 24.5. The summed E-state index contributed by atoms with van der Waals surface area (Å²) in [6, 6.07) is 19.4. The topological polar surface area (TPSA) is 80.5 Å². The number of hydrogen-bond donors (Lipinski definition) is 2. The van der Waals surface area contributed by atoms with Crippen molar-refractivity contribution in [2.24, 2.45) is 0 Å². The zero-order valence-electron chi connectivity index (χ0n) is 22.5. The molecule has 0 saturated heterocycles. The van der Waals surface area contributed by atoms with Crippen molar-refractivity contribution in [3.63, 3.8) is 0 Å². The highest BCUT2D eigenvalue weighted by Gasteiger charge is 2.41. The normalized spacial score (nSPS) is 16.6. The molecule has 0 aliphatic heterocycles. The lowest BCUT2D eigenvalue weighted by Gasteiger charge is -2.43. The first-order valence-electron chi connectivity index (χ1n) is 13.5. The molecule has 0 unspecified atom stereocenters. The smallest absolute Gasteiger partial charge is 0.408 e. The molecule has 6 rings (SSSR count). The molecule has 2 aromatic carbocycles. The minimum atomic E-state index is -0.533. The van der Waals surface area contributed by atoms with Gasteiger partial charge < -0.3 is 15.4 Å². The van der Waals surface area contributed by atoms with Crippen LogP contribution >= 0.6 is 0 Å². The van der Waals surface area contributed by atoms with Crippen LogP contribution < -0.4 is 10.6 Å². The fourth-order valence-electron chi connectivity index (χ4n) is 5.23. The first-order valence-corrected chi connectivity index (χ1v) is 13.5. The lowest BCUT2D eigenvalue weighted by atomic mass is 9.71. The number of carbonyl (C=O) groups is 1. The molecule has 0 radical (unpaired) electrons. The summed E-state index contributed by atoms with van der Waals surface area (Å²) in [6.45, 7) is 7.66. The van der Waals surface area contributed by atoms with Crippen LogP contribution in [0.5, 0.6) is 0 Å². The molecule has 2 fully saturated rings. The Hall–Kier alpha value is -3.87. The SMILES string of the molecule is Cc1cn2c(NC3CC3)c(-c3ccccc3)c(-c3ccc(C4(NC(=O)OC(C)(C)C)CCC4)cc3)nc2n1. The predicted molar refractivity (Wildman–Crippen MR) is 150 cm³/mol. The number of amides is 1. The van der Waals surface area contributed by atoms with E-state index in [9.17, 15) is 4.79 Å². The molecular weight excluding hydrogens is 474 g/mol. The number of aromatic nitrogens is 3. The summed E-state index contributed by atoms with van der Waals surface area (Å²) in [5.41, 5.74) is 5.19. The van der Waals surface area contributed by atoms with E-state index in [1.165, 1.54) is 12.8 Å². The van der Waals surface area contributed by atoms with Crippen molar-refractivity contribution in [3.8, 4) is 22.4 Å². The second-order valence-electron chi connectivity index (χ2n) is 11.7. The average Bonchev–Trinajstić information content (AvgIpc) is 3.59. The number of hydrogen-bond acceptors (Lipinski definition) is 5. The van der Waals surface area contributed by atoms with Crippen molar-refractivity contribution in [2.45, 2.75) is 77.0 Å². The van der Waals surface area contributed by atoms with E-state index < -0.39 is 5.60 Å². The molecule has 7 nitrogen and oxygen atoms in total. The van der Waals surface area contributed by atoms with E-state index in [2.05, 4.69) is 69.8 Å². The van der Waals surface area contributed by atoms with Crippen molar-refractivity contribution in [1.82, 2.24) is 19.7 Å². The average molecular weight is 510 g/mol. The summed E-state index contributed by atoms with van der Waals surface area (Å²) >= 11 is 0. The molecule has 2 saturated carbocycles. The largest absolute Gasteiger partial charge is 0.444 e. The highest BCUT2D eigenvalue weighted by molar-refractivity contribution is 5.90. The van der Waals surface area contributed by atoms with Gasteiger partial charge in [-0.3, -0.25) is 4.40 Å². The highest BCUT2D eigenvalue weighted by atomic mass is 16.6. The summed E-state index contributed by atoms with van der Waals surface area (Å²) in [5, 5.41) is 6.93. The Bertz CT molecular complexity index is 1480. The van der Waals surface area contributed by atoms with E-state index in [0.717, 1.165) is 58.7 Å². The Morgan fingerprint density at radius 2 is 1.71 bits per heavy atom. The Morgan fingerprint density at radius 3 is 2.32 bits per heavy atom. The Balaban J connectivity index is 1.42. The van der Waals surface area contributed by atoms with Crippen molar-refractivity contribution in [1.29, 1.82) is 0 Å². The molecule has 1 amide bonds. The van der Waals surface area contributed by atoms with Crippen LogP contribution in [-0.2, 0) is 10.3 Å². The number of imidazole rings is 1. The van der Waals surface area contributed by atoms with Gasteiger partial charge in [0, 0.05) is 23.4 Å². The van der Waals surface area contributed by atoms with E-state index in [0.29, 0.717) is 11.8 Å². The third-order valence-corrected chi connectivity index (χ3v) is 7.37. The van der Waals surface area contributed by atoms with Crippen LogP contribution in [0.15, 0.2) is 60.8 Å². The van der Waals surface area contributed by atoms with Crippen molar-refractivity contribution < 1.29 is 9.53 Å². The van der Waals surface area contributed by atoms with Crippen LogP contribution in [0, 0.1) is 6.92 Å². The summed E-state index contributed by atoms with van der Waals surface area (Å²) in [7, 11) is 0. The third-order valence-electron chi connectivity index (χ3n) is 7.37. The Labute approximate surface area is 223 Å². The van der Waals surface area contributed by atoms with Gasteiger partial charge in [-0.1, -0.05) is 54.6 Å². The minimum absolute atomic E-state index is 0.370. The van der Waals surface area contributed by atoms with Gasteiger partial charge in [0.1, 0.15) is 11.4 Å². The van der Waals surface area contributed by atoms with E-state index in [4.69, 9.17) is 14.7 Å². The number of nitrogens with zero attached hydrogens (tertiary/aromatic N) is 3. The number of ether oxygens (including phenoxy) is 1. The van der Waals surface area contributed by atoms with Gasteiger partial charge in [0.05, 0.1) is 16.9 Å². The summed E-state index contributed by atoms with van der Waals surface area (Å²) in [4.78, 5) is 22.4. The van der Waals surface area contributed by atoms with Crippen LogP contribution in [0.1, 0.15) is 64.1 Å². The Kier molecular flexibility index (Phi) is 5.89. The number of benzene rings is 2.